The summed E-state index contributed by atoms with van der Waals surface area (Å²) >= 11 is 11.8. The molecular formula is C14H12Cl2O2. The summed E-state index contributed by atoms with van der Waals surface area (Å²) < 4.78 is 5.67. The van der Waals surface area contributed by atoms with Gasteiger partial charge in [-0.05, 0) is 48.4 Å². The summed E-state index contributed by atoms with van der Waals surface area (Å²) in [6.07, 6.45) is 0. The number of benzene rings is 2. The molecule has 0 aliphatic rings. The Morgan fingerprint density at radius 2 is 1.67 bits per heavy atom. The first-order valence-electron chi connectivity index (χ1n) is 5.43. The molecule has 0 aliphatic carbocycles. The average molecular weight is 283 g/mol. The SMILES string of the molecule is Cc1cc(Oc2cc(Cl)cc(Cl)c2)ccc1CO. The Morgan fingerprint density at radius 1 is 1.00 bits per heavy atom. The Bertz CT molecular complexity index is 547. The lowest BCUT2D eigenvalue weighted by Gasteiger charge is -2.09. The fourth-order valence-electron chi connectivity index (χ4n) is 1.63. The second kappa shape index (κ2) is 5.61. The quantitative estimate of drug-likeness (QED) is 0.893. The maximum absolute atomic E-state index is 9.10. The molecule has 2 aromatic carbocycles. The fraction of sp³-hybridized carbons (Fsp3) is 0.143. The molecule has 0 amide bonds. The van der Waals surface area contributed by atoms with E-state index >= 15 is 0 Å². The van der Waals surface area contributed by atoms with Crippen molar-refractivity contribution in [2.24, 2.45) is 0 Å². The van der Waals surface area contributed by atoms with Crippen LogP contribution in [0.4, 0.5) is 0 Å². The molecule has 2 aromatic rings. The van der Waals surface area contributed by atoms with Gasteiger partial charge in [-0.1, -0.05) is 29.3 Å². The first kappa shape index (κ1) is 13.2. The smallest absolute Gasteiger partial charge is 0.130 e. The third-order valence-electron chi connectivity index (χ3n) is 2.56. The lowest BCUT2D eigenvalue weighted by molar-refractivity contribution is 0.281. The summed E-state index contributed by atoms with van der Waals surface area (Å²) in [5.41, 5.74) is 1.86. The Kier molecular flexibility index (Phi) is 4.12. The maximum atomic E-state index is 9.10. The Labute approximate surface area is 116 Å². The van der Waals surface area contributed by atoms with Gasteiger partial charge in [-0.3, -0.25) is 0 Å². The molecule has 0 heterocycles. The van der Waals surface area contributed by atoms with E-state index in [2.05, 4.69) is 0 Å². The highest BCUT2D eigenvalue weighted by Crippen LogP contribution is 2.29. The number of ether oxygens (including phenoxy) is 1. The van der Waals surface area contributed by atoms with E-state index in [0.29, 0.717) is 21.5 Å². The van der Waals surface area contributed by atoms with Crippen LogP contribution < -0.4 is 4.74 Å². The van der Waals surface area contributed by atoms with E-state index in [1.807, 2.05) is 19.1 Å². The predicted octanol–water partition coefficient (Wildman–Crippen LogP) is 4.59. The maximum Gasteiger partial charge on any atom is 0.130 e. The van der Waals surface area contributed by atoms with Gasteiger partial charge in [0.25, 0.3) is 0 Å². The molecule has 94 valence electrons. The minimum Gasteiger partial charge on any atom is -0.457 e. The Morgan fingerprint density at radius 3 is 2.22 bits per heavy atom. The number of hydrogen-bond acceptors (Lipinski definition) is 2. The lowest BCUT2D eigenvalue weighted by atomic mass is 10.1. The third-order valence-corrected chi connectivity index (χ3v) is 2.99. The highest BCUT2D eigenvalue weighted by Gasteiger charge is 2.03. The van der Waals surface area contributed by atoms with Gasteiger partial charge in [-0.15, -0.1) is 0 Å². The van der Waals surface area contributed by atoms with Crippen molar-refractivity contribution in [2.45, 2.75) is 13.5 Å². The summed E-state index contributed by atoms with van der Waals surface area (Å²) in [5.74, 6) is 1.27. The monoisotopic (exact) mass is 282 g/mol. The van der Waals surface area contributed by atoms with Gasteiger partial charge < -0.3 is 9.84 Å². The van der Waals surface area contributed by atoms with Gasteiger partial charge in [0, 0.05) is 10.0 Å². The molecule has 4 heteroatoms. The van der Waals surface area contributed by atoms with E-state index in [-0.39, 0.29) is 6.61 Å². The number of aliphatic hydroxyl groups excluding tert-OH is 1. The molecule has 2 nitrogen and oxygen atoms in total. The molecule has 0 saturated carbocycles. The van der Waals surface area contributed by atoms with Crippen LogP contribution in [0.1, 0.15) is 11.1 Å². The molecule has 0 atom stereocenters. The molecule has 2 rings (SSSR count). The predicted molar refractivity (Wildman–Crippen MR) is 73.6 cm³/mol. The molecule has 0 fully saturated rings. The van der Waals surface area contributed by atoms with Crippen molar-refractivity contribution in [3.8, 4) is 11.5 Å². The van der Waals surface area contributed by atoms with Gasteiger partial charge in [-0.2, -0.15) is 0 Å². The van der Waals surface area contributed by atoms with E-state index in [1.54, 1.807) is 24.3 Å². The molecule has 0 unspecified atom stereocenters. The van der Waals surface area contributed by atoms with Crippen molar-refractivity contribution < 1.29 is 9.84 Å². The third kappa shape index (κ3) is 3.16. The standard InChI is InChI=1S/C14H12Cl2O2/c1-9-4-13(3-2-10(9)8-17)18-14-6-11(15)5-12(16)7-14/h2-7,17H,8H2,1H3. The van der Waals surface area contributed by atoms with E-state index in [0.717, 1.165) is 11.1 Å². The summed E-state index contributed by atoms with van der Waals surface area (Å²) in [6.45, 7) is 1.94. The van der Waals surface area contributed by atoms with Crippen LogP contribution >= 0.6 is 23.2 Å². The largest absolute Gasteiger partial charge is 0.457 e. The molecule has 0 bridgehead atoms. The first-order valence-corrected chi connectivity index (χ1v) is 6.18. The van der Waals surface area contributed by atoms with Crippen LogP contribution in [-0.2, 0) is 6.61 Å². The van der Waals surface area contributed by atoms with Gasteiger partial charge >= 0.3 is 0 Å². The molecule has 0 spiro atoms. The first-order chi connectivity index (χ1) is 8.58. The van der Waals surface area contributed by atoms with Gasteiger partial charge in [0.2, 0.25) is 0 Å². The second-order valence-electron chi connectivity index (χ2n) is 3.95. The highest BCUT2D eigenvalue weighted by molar-refractivity contribution is 6.34. The zero-order chi connectivity index (χ0) is 13.1. The van der Waals surface area contributed by atoms with E-state index in [4.69, 9.17) is 33.0 Å². The van der Waals surface area contributed by atoms with Crippen LogP contribution in [0.3, 0.4) is 0 Å². The molecule has 0 saturated heterocycles. The number of halogens is 2. The van der Waals surface area contributed by atoms with Crippen LogP contribution in [0.5, 0.6) is 11.5 Å². The number of aliphatic hydroxyl groups is 1. The van der Waals surface area contributed by atoms with Crippen LogP contribution in [0.15, 0.2) is 36.4 Å². The Balaban J connectivity index is 2.25. The minimum atomic E-state index is 0.0229. The minimum absolute atomic E-state index is 0.0229. The van der Waals surface area contributed by atoms with Gasteiger partial charge in [-0.25, -0.2) is 0 Å². The summed E-state index contributed by atoms with van der Waals surface area (Å²) in [6, 6.07) is 10.5. The van der Waals surface area contributed by atoms with Crippen LogP contribution in [-0.4, -0.2) is 5.11 Å². The molecule has 0 radical (unpaired) electrons. The van der Waals surface area contributed by atoms with E-state index in [9.17, 15) is 0 Å². The molecule has 0 aromatic heterocycles. The molecule has 0 aliphatic heterocycles. The van der Waals surface area contributed by atoms with Crippen LogP contribution in [0.25, 0.3) is 0 Å². The Hall–Kier alpha value is -1.22. The summed E-state index contributed by atoms with van der Waals surface area (Å²) in [5, 5.41) is 10.2. The van der Waals surface area contributed by atoms with Crippen molar-refractivity contribution in [1.82, 2.24) is 0 Å². The molecular weight excluding hydrogens is 271 g/mol. The number of hydrogen-bond donors (Lipinski definition) is 1. The van der Waals surface area contributed by atoms with Crippen molar-refractivity contribution in [2.75, 3.05) is 0 Å². The van der Waals surface area contributed by atoms with Crippen LogP contribution in [0, 0.1) is 6.92 Å². The number of aryl methyl sites for hydroxylation is 1. The average Bonchev–Trinajstić information content (AvgIpc) is 2.27. The second-order valence-corrected chi connectivity index (χ2v) is 4.83. The normalized spacial score (nSPS) is 10.4. The van der Waals surface area contributed by atoms with Crippen molar-refractivity contribution in [1.29, 1.82) is 0 Å². The molecule has 18 heavy (non-hydrogen) atoms. The number of rotatable bonds is 3. The lowest BCUT2D eigenvalue weighted by Crippen LogP contribution is -1.90. The van der Waals surface area contributed by atoms with Gasteiger partial charge in [0.05, 0.1) is 6.61 Å². The van der Waals surface area contributed by atoms with Crippen molar-refractivity contribution >= 4 is 23.2 Å². The molecule has 1 N–H and O–H groups in total. The van der Waals surface area contributed by atoms with Crippen molar-refractivity contribution in [3.05, 3.63) is 57.6 Å². The zero-order valence-corrected chi connectivity index (χ0v) is 11.3. The topological polar surface area (TPSA) is 29.5 Å². The van der Waals surface area contributed by atoms with E-state index < -0.39 is 0 Å². The zero-order valence-electron chi connectivity index (χ0n) is 9.78. The summed E-state index contributed by atoms with van der Waals surface area (Å²) in [4.78, 5) is 0. The fourth-order valence-corrected chi connectivity index (χ4v) is 2.14. The summed E-state index contributed by atoms with van der Waals surface area (Å²) in [7, 11) is 0. The van der Waals surface area contributed by atoms with Crippen LogP contribution in [0.2, 0.25) is 10.0 Å². The van der Waals surface area contributed by atoms with Crippen molar-refractivity contribution in [3.63, 3.8) is 0 Å². The highest BCUT2D eigenvalue weighted by atomic mass is 35.5. The van der Waals surface area contributed by atoms with E-state index in [1.165, 1.54) is 0 Å². The van der Waals surface area contributed by atoms with Gasteiger partial charge in [0.15, 0.2) is 0 Å². The van der Waals surface area contributed by atoms with Gasteiger partial charge in [0.1, 0.15) is 11.5 Å².